The number of fused-ring (bicyclic) bond motifs is 1. The van der Waals surface area contributed by atoms with Gasteiger partial charge in [0.25, 0.3) is 0 Å². The second kappa shape index (κ2) is 11.2. The fourth-order valence-electron chi connectivity index (χ4n) is 5.28. The van der Waals surface area contributed by atoms with Gasteiger partial charge in [0.15, 0.2) is 11.4 Å². The average Bonchev–Trinajstić information content (AvgIpc) is 3.75. The standard InChI is InChI=1S/C30H42N6O4/c1-7-21(8-2)40-28-22(19-9-10-19)17-26-32-35(29(31)36(26)33-28)18-25(37)20-15-23(30(3,4)5)27(38-6)24(16-20)34-11-13-39-14-12-34/h15-17,19,21,31H,7-14,18H2,1-6H3. The number of anilines is 1. The molecule has 1 N–H and O–H groups in total. The molecule has 1 aliphatic carbocycles. The molecule has 1 aromatic carbocycles. The summed E-state index contributed by atoms with van der Waals surface area (Å²) in [5.41, 5.74) is 3.82. The molecule has 2 aliphatic rings. The molecule has 10 nitrogen and oxygen atoms in total. The summed E-state index contributed by atoms with van der Waals surface area (Å²) in [6.07, 6.45) is 4.04. The number of carbonyl (C=O) groups is 1. The molecule has 5 rings (SSSR count). The molecule has 1 saturated heterocycles. The van der Waals surface area contributed by atoms with Crippen LogP contribution in [0, 0.1) is 5.41 Å². The molecule has 0 bridgehead atoms. The molecule has 2 fully saturated rings. The van der Waals surface area contributed by atoms with E-state index in [2.05, 4.69) is 44.6 Å². The summed E-state index contributed by atoms with van der Waals surface area (Å²) in [5, 5.41) is 18.1. The van der Waals surface area contributed by atoms with Crippen LogP contribution in [0.4, 0.5) is 5.69 Å². The molecule has 1 aliphatic heterocycles. The zero-order valence-corrected chi connectivity index (χ0v) is 24.6. The Balaban J connectivity index is 1.51. The van der Waals surface area contributed by atoms with Crippen molar-refractivity contribution >= 4 is 17.1 Å². The minimum Gasteiger partial charge on any atom is -0.494 e. The molecule has 2 aromatic heterocycles. The van der Waals surface area contributed by atoms with Gasteiger partial charge in [-0.05, 0) is 55.2 Å². The van der Waals surface area contributed by atoms with Crippen molar-refractivity contribution in [3.63, 3.8) is 0 Å². The van der Waals surface area contributed by atoms with Crippen molar-refractivity contribution in [1.82, 2.24) is 19.4 Å². The maximum Gasteiger partial charge on any atom is 0.242 e. The van der Waals surface area contributed by atoms with E-state index in [1.54, 1.807) is 7.11 Å². The summed E-state index contributed by atoms with van der Waals surface area (Å²) < 4.78 is 20.6. The third-order valence-corrected chi connectivity index (χ3v) is 7.86. The molecule has 0 unspecified atom stereocenters. The number of hydrogen-bond acceptors (Lipinski definition) is 8. The highest BCUT2D eigenvalue weighted by molar-refractivity contribution is 5.97. The van der Waals surface area contributed by atoms with Crippen LogP contribution < -0.4 is 20.0 Å². The number of ether oxygens (including phenoxy) is 3. The van der Waals surface area contributed by atoms with Crippen LogP contribution in [0.15, 0.2) is 18.2 Å². The first-order valence-electron chi connectivity index (χ1n) is 14.4. The van der Waals surface area contributed by atoms with E-state index in [1.165, 1.54) is 9.20 Å². The largest absolute Gasteiger partial charge is 0.494 e. The average molecular weight is 551 g/mol. The Labute approximate surface area is 235 Å². The summed E-state index contributed by atoms with van der Waals surface area (Å²) in [6.45, 7) is 13.2. The number of hydrogen-bond donors (Lipinski definition) is 1. The van der Waals surface area contributed by atoms with E-state index in [9.17, 15) is 4.79 Å². The predicted molar refractivity (Wildman–Crippen MR) is 153 cm³/mol. The molecular formula is C30H42N6O4. The zero-order valence-electron chi connectivity index (χ0n) is 24.6. The van der Waals surface area contributed by atoms with Crippen molar-refractivity contribution in [3.8, 4) is 11.6 Å². The lowest BCUT2D eigenvalue weighted by molar-refractivity contribution is 0.0965. The SMILES string of the molecule is CCC(CC)Oc1nn2c(=N)n(CC(=O)c3cc(N4CCOCC4)c(OC)c(C(C)(C)C)c3)nc2cc1C1CC1. The highest BCUT2D eigenvalue weighted by Gasteiger charge is 2.31. The number of methoxy groups -OCH3 is 1. The maximum absolute atomic E-state index is 13.7. The molecule has 0 radical (unpaired) electrons. The first kappa shape index (κ1) is 28.1. The van der Waals surface area contributed by atoms with Crippen LogP contribution in [0.1, 0.15) is 87.7 Å². The molecule has 216 valence electrons. The third kappa shape index (κ3) is 5.59. The van der Waals surface area contributed by atoms with Gasteiger partial charge in [0.2, 0.25) is 11.5 Å². The van der Waals surface area contributed by atoms with Crippen LogP contribution in [0.3, 0.4) is 0 Å². The lowest BCUT2D eigenvalue weighted by Gasteiger charge is -2.33. The van der Waals surface area contributed by atoms with Gasteiger partial charge in [-0.1, -0.05) is 34.6 Å². The zero-order chi connectivity index (χ0) is 28.6. The van der Waals surface area contributed by atoms with Crippen LogP contribution in [-0.2, 0) is 16.7 Å². The Hall–Kier alpha value is -3.40. The number of rotatable bonds is 10. The lowest BCUT2D eigenvalue weighted by Crippen LogP contribution is -2.37. The van der Waals surface area contributed by atoms with Gasteiger partial charge in [-0.3, -0.25) is 10.2 Å². The van der Waals surface area contributed by atoms with Crippen molar-refractivity contribution < 1.29 is 19.0 Å². The van der Waals surface area contributed by atoms with Gasteiger partial charge in [-0.15, -0.1) is 10.2 Å². The number of aromatic nitrogens is 4. The molecule has 3 aromatic rings. The fraction of sp³-hybridized carbons (Fsp3) is 0.600. The Morgan fingerprint density at radius 3 is 2.42 bits per heavy atom. The van der Waals surface area contributed by atoms with Crippen molar-refractivity contribution in [2.45, 2.75) is 84.3 Å². The van der Waals surface area contributed by atoms with Gasteiger partial charge in [-0.25, -0.2) is 4.68 Å². The molecule has 0 spiro atoms. The minimum atomic E-state index is -0.242. The van der Waals surface area contributed by atoms with Crippen LogP contribution >= 0.6 is 0 Å². The van der Waals surface area contributed by atoms with Gasteiger partial charge >= 0.3 is 0 Å². The minimum absolute atomic E-state index is 0.0399. The first-order valence-corrected chi connectivity index (χ1v) is 14.4. The van der Waals surface area contributed by atoms with Gasteiger partial charge in [-0.2, -0.15) is 4.52 Å². The van der Waals surface area contributed by atoms with Crippen molar-refractivity contribution in [2.75, 3.05) is 38.3 Å². The molecule has 0 amide bonds. The second-order valence-electron chi connectivity index (χ2n) is 11.8. The van der Waals surface area contributed by atoms with E-state index in [1.807, 2.05) is 18.2 Å². The number of nitrogens with zero attached hydrogens (tertiary/aromatic N) is 5. The van der Waals surface area contributed by atoms with Crippen LogP contribution in [0.2, 0.25) is 0 Å². The van der Waals surface area contributed by atoms with E-state index >= 15 is 0 Å². The normalized spacial score (nSPS) is 16.1. The van der Waals surface area contributed by atoms with E-state index < -0.39 is 0 Å². The maximum atomic E-state index is 13.7. The van der Waals surface area contributed by atoms with E-state index in [0.717, 1.165) is 61.3 Å². The highest BCUT2D eigenvalue weighted by Crippen LogP contribution is 2.44. The Bertz CT molecular complexity index is 1440. The molecule has 40 heavy (non-hydrogen) atoms. The number of benzene rings is 1. The number of nitrogens with one attached hydrogen (secondary N) is 1. The molecule has 1 saturated carbocycles. The number of ketones is 1. The summed E-state index contributed by atoms with van der Waals surface area (Å²) in [6, 6.07) is 5.81. The monoisotopic (exact) mass is 550 g/mol. The topological polar surface area (TPSA) is 107 Å². The van der Waals surface area contributed by atoms with Crippen molar-refractivity contribution in [3.05, 3.63) is 40.5 Å². The molecule has 3 heterocycles. The number of morpholine rings is 1. The van der Waals surface area contributed by atoms with E-state index in [-0.39, 0.29) is 29.5 Å². The van der Waals surface area contributed by atoms with Gasteiger partial charge in [0.1, 0.15) is 12.3 Å². The van der Waals surface area contributed by atoms with Gasteiger partial charge in [0, 0.05) is 29.8 Å². The third-order valence-electron chi connectivity index (χ3n) is 7.86. The van der Waals surface area contributed by atoms with E-state index in [4.69, 9.17) is 24.7 Å². The first-order chi connectivity index (χ1) is 19.1. The fourth-order valence-corrected chi connectivity index (χ4v) is 5.28. The van der Waals surface area contributed by atoms with Crippen LogP contribution in [0.25, 0.3) is 5.65 Å². The van der Waals surface area contributed by atoms with Crippen molar-refractivity contribution in [1.29, 1.82) is 5.41 Å². The Kier molecular flexibility index (Phi) is 7.90. The van der Waals surface area contributed by atoms with Gasteiger partial charge in [0.05, 0.1) is 32.1 Å². The van der Waals surface area contributed by atoms with Crippen LogP contribution in [0.5, 0.6) is 11.6 Å². The van der Waals surface area contributed by atoms with Crippen molar-refractivity contribution in [2.24, 2.45) is 0 Å². The smallest absolute Gasteiger partial charge is 0.242 e. The molecular weight excluding hydrogens is 508 g/mol. The molecule has 10 heteroatoms. The number of Topliss-reactive ketones (excluding diaryl/α,β-unsaturated/α-hetero) is 1. The lowest BCUT2D eigenvalue weighted by atomic mass is 9.84. The number of carbonyl (C=O) groups excluding carboxylic acids is 1. The van der Waals surface area contributed by atoms with Crippen LogP contribution in [-0.4, -0.2) is 64.7 Å². The summed E-state index contributed by atoms with van der Waals surface area (Å²) in [7, 11) is 1.68. The Morgan fingerprint density at radius 1 is 1.12 bits per heavy atom. The van der Waals surface area contributed by atoms with Gasteiger partial charge < -0.3 is 19.1 Å². The summed E-state index contributed by atoms with van der Waals surface area (Å²) >= 11 is 0. The predicted octanol–water partition coefficient (Wildman–Crippen LogP) is 4.48. The second-order valence-corrected chi connectivity index (χ2v) is 11.8. The Morgan fingerprint density at radius 2 is 1.82 bits per heavy atom. The van der Waals surface area contributed by atoms with E-state index in [0.29, 0.717) is 36.2 Å². The highest BCUT2D eigenvalue weighted by atomic mass is 16.5. The molecule has 0 atom stereocenters. The summed E-state index contributed by atoms with van der Waals surface area (Å²) in [5.74, 6) is 1.65. The quantitative estimate of drug-likeness (QED) is 0.371. The summed E-state index contributed by atoms with van der Waals surface area (Å²) in [4.78, 5) is 16.0.